The van der Waals surface area contributed by atoms with Crippen molar-refractivity contribution in [1.29, 1.82) is 0 Å². The summed E-state index contributed by atoms with van der Waals surface area (Å²) in [6.45, 7) is 4.47. The first-order valence-corrected chi connectivity index (χ1v) is 4.45. The molecule has 1 heterocycles. The number of nitrogens with two attached hydrogens (primary N) is 1. The van der Waals surface area contributed by atoms with E-state index in [1.807, 2.05) is 12.1 Å². The van der Waals surface area contributed by atoms with Gasteiger partial charge in [0, 0.05) is 12.5 Å². The van der Waals surface area contributed by atoms with Crippen molar-refractivity contribution >= 4 is 12.4 Å². The summed E-state index contributed by atoms with van der Waals surface area (Å²) in [6, 6.07) is 6.03. The van der Waals surface area contributed by atoms with Gasteiger partial charge in [-0.05, 0) is 17.2 Å². The van der Waals surface area contributed by atoms with Crippen molar-refractivity contribution in [2.24, 2.45) is 5.73 Å². The topological polar surface area (TPSA) is 35.2 Å². The third kappa shape index (κ3) is 1.91. The van der Waals surface area contributed by atoms with Crippen LogP contribution in [0.25, 0.3) is 0 Å². The Labute approximate surface area is 90.2 Å². The van der Waals surface area contributed by atoms with Gasteiger partial charge >= 0.3 is 0 Å². The van der Waals surface area contributed by atoms with Crippen LogP contribution in [0, 0.1) is 0 Å². The second kappa shape index (κ2) is 4.49. The van der Waals surface area contributed by atoms with Crippen molar-refractivity contribution in [2.75, 3.05) is 6.61 Å². The molecular weight excluding hydrogens is 198 g/mol. The van der Waals surface area contributed by atoms with Crippen molar-refractivity contribution in [3.8, 4) is 5.75 Å². The van der Waals surface area contributed by atoms with E-state index < -0.39 is 0 Å². The highest BCUT2D eigenvalue weighted by Gasteiger charge is 2.13. The Morgan fingerprint density at radius 1 is 1.50 bits per heavy atom. The highest BCUT2D eigenvalue weighted by molar-refractivity contribution is 5.85. The summed E-state index contributed by atoms with van der Waals surface area (Å²) in [5, 5.41) is 0. The standard InChI is InChI=1S/C11H13NO.ClH/c1-2-10(12)8-3-4-11-9(7-8)5-6-13-11;/h2-4,7,10H,1,5-6,12H2;1H/t10-;/m0./s1. The zero-order chi connectivity index (χ0) is 9.26. The number of benzene rings is 1. The predicted molar refractivity (Wildman–Crippen MR) is 60.0 cm³/mol. The van der Waals surface area contributed by atoms with Crippen LogP contribution in [0.4, 0.5) is 0 Å². The van der Waals surface area contributed by atoms with Gasteiger partial charge in [-0.15, -0.1) is 19.0 Å². The van der Waals surface area contributed by atoms with E-state index in [1.165, 1.54) is 5.56 Å². The summed E-state index contributed by atoms with van der Waals surface area (Å²) < 4.78 is 5.40. The van der Waals surface area contributed by atoms with E-state index in [-0.39, 0.29) is 18.4 Å². The molecule has 2 nitrogen and oxygen atoms in total. The van der Waals surface area contributed by atoms with Gasteiger partial charge in [0.25, 0.3) is 0 Å². The monoisotopic (exact) mass is 211 g/mol. The van der Waals surface area contributed by atoms with Crippen molar-refractivity contribution in [3.63, 3.8) is 0 Å². The molecule has 0 bridgehead atoms. The van der Waals surface area contributed by atoms with Crippen molar-refractivity contribution < 1.29 is 4.74 Å². The van der Waals surface area contributed by atoms with E-state index in [1.54, 1.807) is 6.08 Å². The second-order valence-electron chi connectivity index (χ2n) is 3.23. The molecule has 1 aliphatic heterocycles. The molecule has 3 heteroatoms. The highest BCUT2D eigenvalue weighted by Crippen LogP contribution is 2.27. The number of halogens is 1. The zero-order valence-electron chi connectivity index (χ0n) is 7.90. The molecule has 0 saturated heterocycles. The van der Waals surface area contributed by atoms with Gasteiger partial charge in [0.05, 0.1) is 6.61 Å². The highest BCUT2D eigenvalue weighted by atomic mass is 35.5. The molecule has 0 amide bonds. The number of fused-ring (bicyclic) bond motifs is 1. The molecule has 1 aromatic carbocycles. The minimum absolute atomic E-state index is 0. The smallest absolute Gasteiger partial charge is 0.122 e. The molecule has 0 fully saturated rings. The Balaban J connectivity index is 0.000000980. The Kier molecular flexibility index (Phi) is 3.55. The van der Waals surface area contributed by atoms with Crippen LogP contribution in [0.5, 0.6) is 5.75 Å². The van der Waals surface area contributed by atoms with Gasteiger partial charge < -0.3 is 10.5 Å². The van der Waals surface area contributed by atoms with Gasteiger partial charge in [-0.3, -0.25) is 0 Å². The van der Waals surface area contributed by atoms with Crippen LogP contribution in [-0.2, 0) is 6.42 Å². The van der Waals surface area contributed by atoms with Gasteiger partial charge in [-0.1, -0.05) is 18.2 Å². The van der Waals surface area contributed by atoms with Gasteiger partial charge in [-0.2, -0.15) is 0 Å². The molecule has 0 spiro atoms. The maximum absolute atomic E-state index is 5.83. The quantitative estimate of drug-likeness (QED) is 0.762. The van der Waals surface area contributed by atoms with E-state index in [0.29, 0.717) is 0 Å². The maximum Gasteiger partial charge on any atom is 0.122 e. The van der Waals surface area contributed by atoms with E-state index in [2.05, 4.69) is 12.6 Å². The first-order chi connectivity index (χ1) is 6.31. The van der Waals surface area contributed by atoms with Crippen molar-refractivity contribution in [1.82, 2.24) is 0 Å². The SMILES string of the molecule is C=C[C@H](N)c1ccc2c(c1)CCO2.Cl. The number of rotatable bonds is 2. The fourth-order valence-electron chi connectivity index (χ4n) is 1.55. The van der Waals surface area contributed by atoms with Gasteiger partial charge in [0.1, 0.15) is 5.75 Å². The molecule has 0 aromatic heterocycles. The molecule has 0 aliphatic carbocycles. The molecule has 14 heavy (non-hydrogen) atoms. The van der Waals surface area contributed by atoms with Crippen molar-refractivity contribution in [2.45, 2.75) is 12.5 Å². The maximum atomic E-state index is 5.83. The van der Waals surface area contributed by atoms with Crippen LogP contribution in [0.1, 0.15) is 17.2 Å². The normalized spacial score (nSPS) is 14.9. The van der Waals surface area contributed by atoms with E-state index in [0.717, 1.165) is 24.3 Å². The van der Waals surface area contributed by atoms with Crippen molar-refractivity contribution in [3.05, 3.63) is 42.0 Å². The van der Waals surface area contributed by atoms with Gasteiger partial charge in [0.2, 0.25) is 0 Å². The zero-order valence-corrected chi connectivity index (χ0v) is 8.72. The lowest BCUT2D eigenvalue weighted by Gasteiger charge is -2.07. The predicted octanol–water partition coefficient (Wildman–Crippen LogP) is 2.23. The minimum Gasteiger partial charge on any atom is -0.493 e. The first kappa shape index (κ1) is 11.1. The summed E-state index contributed by atoms with van der Waals surface area (Å²) in [7, 11) is 0. The van der Waals surface area contributed by atoms with Crippen LogP contribution in [0.3, 0.4) is 0 Å². The number of hydrogen-bond acceptors (Lipinski definition) is 2. The first-order valence-electron chi connectivity index (χ1n) is 4.45. The minimum atomic E-state index is -0.0640. The fraction of sp³-hybridized carbons (Fsp3) is 0.273. The molecule has 1 aromatic rings. The average Bonchev–Trinajstić information content (AvgIpc) is 2.63. The van der Waals surface area contributed by atoms with E-state index in [4.69, 9.17) is 10.5 Å². The van der Waals surface area contributed by atoms with E-state index >= 15 is 0 Å². The number of hydrogen-bond donors (Lipinski definition) is 1. The lowest BCUT2D eigenvalue weighted by Crippen LogP contribution is -2.06. The summed E-state index contributed by atoms with van der Waals surface area (Å²) in [6.07, 6.45) is 2.74. The summed E-state index contributed by atoms with van der Waals surface area (Å²) in [4.78, 5) is 0. The van der Waals surface area contributed by atoms with Crippen LogP contribution >= 0.6 is 12.4 Å². The van der Waals surface area contributed by atoms with Gasteiger partial charge in [0.15, 0.2) is 0 Å². The third-order valence-corrected chi connectivity index (χ3v) is 2.35. The molecular formula is C11H14ClNO. The fourth-order valence-corrected chi connectivity index (χ4v) is 1.55. The third-order valence-electron chi connectivity index (χ3n) is 2.35. The van der Waals surface area contributed by atoms with E-state index in [9.17, 15) is 0 Å². The molecule has 0 unspecified atom stereocenters. The molecule has 0 saturated carbocycles. The van der Waals surface area contributed by atoms with Crippen LogP contribution in [0.15, 0.2) is 30.9 Å². The molecule has 0 radical (unpaired) electrons. The van der Waals surface area contributed by atoms with Gasteiger partial charge in [-0.25, -0.2) is 0 Å². The largest absolute Gasteiger partial charge is 0.493 e. The lowest BCUT2D eigenvalue weighted by atomic mass is 10.0. The Morgan fingerprint density at radius 3 is 3.00 bits per heavy atom. The Hall–Kier alpha value is -0.990. The average molecular weight is 212 g/mol. The van der Waals surface area contributed by atoms with Crippen LogP contribution in [-0.4, -0.2) is 6.61 Å². The Morgan fingerprint density at radius 2 is 2.29 bits per heavy atom. The molecule has 1 aliphatic rings. The molecule has 2 N–H and O–H groups in total. The Bertz CT molecular complexity index is 338. The molecule has 1 atom stereocenters. The number of ether oxygens (including phenoxy) is 1. The molecule has 2 rings (SSSR count). The molecule has 76 valence electrons. The summed E-state index contributed by atoms with van der Waals surface area (Å²) in [5.74, 6) is 1.00. The lowest BCUT2D eigenvalue weighted by molar-refractivity contribution is 0.357. The summed E-state index contributed by atoms with van der Waals surface area (Å²) >= 11 is 0. The second-order valence-corrected chi connectivity index (χ2v) is 3.23. The summed E-state index contributed by atoms with van der Waals surface area (Å²) in [5.41, 5.74) is 8.20. The van der Waals surface area contributed by atoms with Crippen LogP contribution < -0.4 is 10.5 Å². The van der Waals surface area contributed by atoms with Crippen LogP contribution in [0.2, 0.25) is 0 Å².